The molecule has 2 N–H and O–H groups in total. The number of thiophene rings is 1. The van der Waals surface area contributed by atoms with Crippen LogP contribution in [0.3, 0.4) is 0 Å². The topological polar surface area (TPSA) is 41.1 Å². The second kappa shape index (κ2) is 6.27. The number of hydrogen-bond donors (Lipinski definition) is 2. The second-order valence-electron chi connectivity index (χ2n) is 6.19. The van der Waals surface area contributed by atoms with E-state index in [1.165, 1.54) is 37.0 Å². The first-order valence-electron chi connectivity index (χ1n) is 7.84. The van der Waals surface area contributed by atoms with Crippen LogP contribution in [0.5, 0.6) is 0 Å². The van der Waals surface area contributed by atoms with Crippen molar-refractivity contribution in [3.8, 4) is 0 Å². The number of carbonyl (C=O) groups excluding carboxylic acids is 1. The molecule has 2 heterocycles. The van der Waals surface area contributed by atoms with Crippen LogP contribution >= 0.6 is 11.3 Å². The molecular weight excluding hydrogens is 268 g/mol. The Kier molecular flexibility index (Phi) is 4.41. The van der Waals surface area contributed by atoms with Gasteiger partial charge in [0.15, 0.2) is 0 Å². The third kappa shape index (κ3) is 3.07. The summed E-state index contributed by atoms with van der Waals surface area (Å²) < 4.78 is 0. The molecule has 3 nitrogen and oxygen atoms in total. The van der Waals surface area contributed by atoms with Crippen LogP contribution in [0.1, 0.15) is 56.4 Å². The largest absolute Gasteiger partial charge is 0.347 e. The summed E-state index contributed by atoms with van der Waals surface area (Å²) in [7, 11) is 0. The van der Waals surface area contributed by atoms with Gasteiger partial charge >= 0.3 is 0 Å². The number of amides is 1. The molecule has 4 atom stereocenters. The van der Waals surface area contributed by atoms with E-state index < -0.39 is 0 Å². The Morgan fingerprint density at radius 2 is 2.20 bits per heavy atom. The highest BCUT2D eigenvalue weighted by Crippen LogP contribution is 2.32. The minimum absolute atomic E-state index is 0.0109. The summed E-state index contributed by atoms with van der Waals surface area (Å²) in [4.78, 5) is 13.6. The molecule has 2 aliphatic rings. The number of hydrogen-bond acceptors (Lipinski definition) is 3. The SMILES string of the molecule is C[C@H](NC(=O)C1CCC2CCCCC2N1)c1cccs1. The lowest BCUT2D eigenvalue weighted by Gasteiger charge is -2.40. The van der Waals surface area contributed by atoms with E-state index in [-0.39, 0.29) is 18.0 Å². The van der Waals surface area contributed by atoms with Crippen molar-refractivity contribution in [2.24, 2.45) is 5.92 Å². The number of fused-ring (bicyclic) bond motifs is 1. The smallest absolute Gasteiger partial charge is 0.237 e. The van der Waals surface area contributed by atoms with Gasteiger partial charge in [0.2, 0.25) is 5.91 Å². The van der Waals surface area contributed by atoms with E-state index in [0.717, 1.165) is 12.3 Å². The fourth-order valence-electron chi connectivity index (χ4n) is 3.62. The van der Waals surface area contributed by atoms with Crippen LogP contribution in [0.25, 0.3) is 0 Å². The molecule has 3 rings (SSSR count). The van der Waals surface area contributed by atoms with E-state index in [1.54, 1.807) is 11.3 Å². The maximum atomic E-state index is 12.4. The van der Waals surface area contributed by atoms with Gasteiger partial charge in [0.05, 0.1) is 12.1 Å². The average Bonchev–Trinajstić information content (AvgIpc) is 3.01. The average molecular weight is 292 g/mol. The Hall–Kier alpha value is -0.870. The van der Waals surface area contributed by atoms with Gasteiger partial charge in [0.25, 0.3) is 0 Å². The molecule has 1 saturated carbocycles. The summed E-state index contributed by atoms with van der Waals surface area (Å²) in [5.74, 6) is 0.984. The van der Waals surface area contributed by atoms with Gasteiger partial charge in [0.1, 0.15) is 0 Å². The van der Waals surface area contributed by atoms with Gasteiger partial charge in [-0.3, -0.25) is 4.79 Å². The van der Waals surface area contributed by atoms with Crippen LogP contribution in [-0.2, 0) is 4.79 Å². The van der Waals surface area contributed by atoms with Crippen LogP contribution < -0.4 is 10.6 Å². The number of carbonyl (C=O) groups is 1. The van der Waals surface area contributed by atoms with Gasteiger partial charge in [-0.05, 0) is 50.0 Å². The highest BCUT2D eigenvalue weighted by atomic mass is 32.1. The van der Waals surface area contributed by atoms with E-state index in [1.807, 2.05) is 6.07 Å². The van der Waals surface area contributed by atoms with Crippen molar-refractivity contribution in [3.63, 3.8) is 0 Å². The quantitative estimate of drug-likeness (QED) is 0.898. The number of rotatable bonds is 3. The lowest BCUT2D eigenvalue weighted by molar-refractivity contribution is -0.125. The summed E-state index contributed by atoms with van der Waals surface area (Å²) >= 11 is 1.70. The fraction of sp³-hybridized carbons (Fsp3) is 0.688. The molecule has 1 aliphatic carbocycles. The summed E-state index contributed by atoms with van der Waals surface area (Å²) in [6, 6.07) is 4.82. The zero-order valence-corrected chi connectivity index (χ0v) is 12.9. The molecule has 1 aromatic heterocycles. The first-order chi connectivity index (χ1) is 9.74. The Labute approximate surface area is 125 Å². The van der Waals surface area contributed by atoms with E-state index in [4.69, 9.17) is 0 Å². The molecule has 1 aliphatic heterocycles. The standard InChI is InChI=1S/C16H24N2OS/c1-11(15-7-4-10-20-15)17-16(19)14-9-8-12-5-2-3-6-13(12)18-14/h4,7,10-14,18H,2-3,5-6,8-9H2,1H3,(H,17,19)/t11-,12?,13?,14?/m0/s1. The van der Waals surface area contributed by atoms with Crippen molar-refractivity contribution in [1.82, 2.24) is 10.6 Å². The normalized spacial score (nSPS) is 31.4. The van der Waals surface area contributed by atoms with E-state index in [0.29, 0.717) is 6.04 Å². The summed E-state index contributed by atoms with van der Waals surface area (Å²) in [6.45, 7) is 2.07. The van der Waals surface area contributed by atoms with Crippen molar-refractivity contribution in [2.45, 2.75) is 63.6 Å². The van der Waals surface area contributed by atoms with Gasteiger partial charge in [-0.15, -0.1) is 11.3 Å². The third-order valence-corrected chi connectivity index (χ3v) is 5.85. The maximum Gasteiger partial charge on any atom is 0.237 e. The Balaban J connectivity index is 1.55. The van der Waals surface area contributed by atoms with Crippen LogP contribution in [0, 0.1) is 5.92 Å². The lowest BCUT2D eigenvalue weighted by Crippen LogP contribution is -2.55. The van der Waals surface area contributed by atoms with Gasteiger partial charge in [0, 0.05) is 10.9 Å². The third-order valence-electron chi connectivity index (χ3n) is 4.80. The molecule has 1 saturated heterocycles. The van der Waals surface area contributed by atoms with Crippen LogP contribution in [0.15, 0.2) is 17.5 Å². The van der Waals surface area contributed by atoms with Crippen molar-refractivity contribution in [3.05, 3.63) is 22.4 Å². The monoisotopic (exact) mass is 292 g/mol. The van der Waals surface area contributed by atoms with Crippen molar-refractivity contribution < 1.29 is 4.79 Å². The molecule has 3 unspecified atom stereocenters. The van der Waals surface area contributed by atoms with Crippen LogP contribution in [0.2, 0.25) is 0 Å². The van der Waals surface area contributed by atoms with Crippen molar-refractivity contribution in [2.75, 3.05) is 0 Å². The zero-order valence-electron chi connectivity index (χ0n) is 12.1. The van der Waals surface area contributed by atoms with Crippen molar-refractivity contribution >= 4 is 17.2 Å². The second-order valence-corrected chi connectivity index (χ2v) is 7.17. The van der Waals surface area contributed by atoms with E-state index in [2.05, 4.69) is 29.0 Å². The van der Waals surface area contributed by atoms with E-state index >= 15 is 0 Å². The molecule has 0 bridgehead atoms. The van der Waals surface area contributed by atoms with Gasteiger partial charge in [-0.1, -0.05) is 18.9 Å². The van der Waals surface area contributed by atoms with Gasteiger partial charge in [-0.25, -0.2) is 0 Å². The van der Waals surface area contributed by atoms with Crippen molar-refractivity contribution in [1.29, 1.82) is 0 Å². The number of nitrogens with one attached hydrogen (secondary N) is 2. The first-order valence-corrected chi connectivity index (χ1v) is 8.72. The highest BCUT2D eigenvalue weighted by Gasteiger charge is 2.34. The van der Waals surface area contributed by atoms with E-state index in [9.17, 15) is 4.79 Å². The molecule has 4 heteroatoms. The first kappa shape index (κ1) is 14.1. The highest BCUT2D eigenvalue weighted by molar-refractivity contribution is 7.10. The molecule has 110 valence electrons. The Bertz CT molecular complexity index is 445. The minimum atomic E-state index is 0.0109. The molecule has 1 aromatic rings. The van der Waals surface area contributed by atoms with Crippen LogP contribution in [0.4, 0.5) is 0 Å². The molecule has 0 aromatic carbocycles. The molecule has 1 amide bonds. The van der Waals surface area contributed by atoms with Gasteiger partial charge < -0.3 is 10.6 Å². The Morgan fingerprint density at radius 1 is 1.35 bits per heavy atom. The van der Waals surface area contributed by atoms with Crippen LogP contribution in [-0.4, -0.2) is 18.0 Å². The maximum absolute atomic E-state index is 12.4. The molecule has 20 heavy (non-hydrogen) atoms. The summed E-state index contributed by atoms with van der Waals surface area (Å²) in [5, 5.41) is 8.81. The fourth-order valence-corrected chi connectivity index (χ4v) is 4.36. The predicted octanol–water partition coefficient (Wildman–Crippen LogP) is 3.24. The predicted molar refractivity (Wildman–Crippen MR) is 82.8 cm³/mol. The van der Waals surface area contributed by atoms with Gasteiger partial charge in [-0.2, -0.15) is 0 Å². The number of piperidine rings is 1. The molecule has 0 spiro atoms. The molecule has 0 radical (unpaired) electrons. The lowest BCUT2D eigenvalue weighted by atomic mass is 9.77. The zero-order chi connectivity index (χ0) is 13.9. The molecule has 2 fully saturated rings. The minimum Gasteiger partial charge on any atom is -0.347 e. The molecular formula is C16H24N2OS. The summed E-state index contributed by atoms with van der Waals surface area (Å²) in [5.41, 5.74) is 0. The Morgan fingerprint density at radius 3 is 3.00 bits per heavy atom. The summed E-state index contributed by atoms with van der Waals surface area (Å²) in [6.07, 6.45) is 7.48.